The highest BCUT2D eigenvalue weighted by Crippen LogP contribution is 2.70. The number of hydrogen-bond acceptors (Lipinski definition) is 9. The van der Waals surface area contributed by atoms with Gasteiger partial charge < -0.3 is 5.11 Å². The van der Waals surface area contributed by atoms with Crippen molar-refractivity contribution in [2.45, 2.75) is 24.9 Å². The third-order valence-electron chi connectivity index (χ3n) is 10.1. The maximum atomic E-state index is 15.0. The number of nitro benzene ring substituents is 2. The first-order chi connectivity index (χ1) is 22.0. The number of fused-ring (bicyclic) bond motifs is 2. The van der Waals surface area contributed by atoms with Gasteiger partial charge in [-0.15, -0.1) is 0 Å². The Morgan fingerprint density at radius 3 is 1.28 bits per heavy atom. The molecular weight excluding hydrogens is 592 g/mol. The van der Waals surface area contributed by atoms with E-state index in [0.29, 0.717) is 5.56 Å². The van der Waals surface area contributed by atoms with Gasteiger partial charge in [0.15, 0.2) is 23.1 Å². The average molecular weight is 617 g/mol. The third kappa shape index (κ3) is 3.45. The predicted octanol–water partition coefficient (Wildman–Crippen LogP) is 5.51. The molecule has 0 unspecified atom stereocenters. The van der Waals surface area contributed by atoms with Crippen molar-refractivity contribution in [3.05, 3.63) is 151 Å². The van der Waals surface area contributed by atoms with E-state index in [1.807, 2.05) is 0 Å². The van der Waals surface area contributed by atoms with Crippen molar-refractivity contribution in [2.24, 2.45) is 16.7 Å². The summed E-state index contributed by atoms with van der Waals surface area (Å²) < 4.78 is 0. The van der Waals surface area contributed by atoms with Crippen LogP contribution in [0.5, 0.6) is 0 Å². The number of rotatable bonds is 4. The first-order valence-electron chi connectivity index (χ1n) is 14.5. The summed E-state index contributed by atoms with van der Waals surface area (Å²) in [6.45, 7) is 1.55. The second-order valence-corrected chi connectivity index (χ2v) is 12.1. The molecule has 7 rings (SSSR count). The van der Waals surface area contributed by atoms with Crippen molar-refractivity contribution < 1.29 is 34.1 Å². The third-order valence-corrected chi connectivity index (χ3v) is 10.1. The quantitative estimate of drug-likeness (QED) is 0.176. The number of nitrogens with zero attached hydrogens (tertiary/aromatic N) is 2. The highest BCUT2D eigenvalue weighted by Gasteiger charge is 2.78. The molecule has 0 heterocycles. The van der Waals surface area contributed by atoms with Crippen LogP contribution in [0, 0.1) is 37.0 Å². The maximum Gasteiger partial charge on any atom is 0.269 e. The van der Waals surface area contributed by atoms with Crippen LogP contribution in [-0.2, 0) is 0 Å². The molecule has 4 aromatic rings. The molecule has 2 spiro atoms. The number of aliphatic hydroxyl groups is 1. The highest BCUT2D eigenvalue weighted by atomic mass is 16.6. The van der Waals surface area contributed by atoms with E-state index in [4.69, 9.17) is 0 Å². The molecule has 4 atom stereocenters. The molecular formula is C35H24N2O9. The highest BCUT2D eigenvalue weighted by molar-refractivity contribution is 6.35. The number of carbonyl (C=O) groups excluding carboxylic acids is 4. The van der Waals surface area contributed by atoms with Gasteiger partial charge in [0.05, 0.1) is 16.0 Å². The number of hydrogen-bond donors (Lipinski definition) is 1. The Labute approximate surface area is 260 Å². The maximum absolute atomic E-state index is 15.0. The lowest BCUT2D eigenvalue weighted by molar-refractivity contribution is -0.385. The smallest absolute Gasteiger partial charge is 0.269 e. The summed E-state index contributed by atoms with van der Waals surface area (Å²) in [5.74, 6) is -6.73. The van der Waals surface area contributed by atoms with E-state index in [1.54, 1.807) is 31.2 Å². The minimum Gasteiger partial charge on any atom is -0.391 e. The summed E-state index contributed by atoms with van der Waals surface area (Å²) in [6.07, 6.45) is -1.74. The van der Waals surface area contributed by atoms with Crippen LogP contribution in [0.4, 0.5) is 11.4 Å². The molecule has 228 valence electrons. The number of carbonyl (C=O) groups is 4. The SMILES string of the molecule is C[C@@H]1[C@@H](c2ccc([N+](=O)[O-])cc2)C2(C(=O)c3ccccc3C2=O)[C@@H](c2ccc([N+](=O)[O-])cc2)C2(C(=O)c3ccccc3C2=O)[C@H]1O. The lowest BCUT2D eigenvalue weighted by Gasteiger charge is -2.57. The lowest BCUT2D eigenvalue weighted by atomic mass is 9.41. The molecule has 0 radical (unpaired) electrons. The van der Waals surface area contributed by atoms with Gasteiger partial charge in [0.25, 0.3) is 11.4 Å². The Balaban J connectivity index is 1.61. The molecule has 3 aliphatic carbocycles. The summed E-state index contributed by atoms with van der Waals surface area (Å²) in [7, 11) is 0. The van der Waals surface area contributed by atoms with Crippen LogP contribution < -0.4 is 0 Å². The van der Waals surface area contributed by atoms with E-state index in [9.17, 15) is 34.9 Å². The molecule has 0 bridgehead atoms. The number of non-ortho nitro benzene ring substituents is 2. The second-order valence-electron chi connectivity index (χ2n) is 12.1. The minimum atomic E-state index is -2.36. The summed E-state index contributed by atoms with van der Waals surface area (Å²) in [4.78, 5) is 81.4. The fourth-order valence-electron chi connectivity index (χ4n) is 8.34. The number of aliphatic hydroxyl groups excluding tert-OH is 1. The van der Waals surface area contributed by atoms with Gasteiger partial charge in [-0.25, -0.2) is 0 Å². The van der Waals surface area contributed by atoms with Gasteiger partial charge in [0.1, 0.15) is 10.8 Å². The summed E-state index contributed by atoms with van der Waals surface area (Å²) in [5.41, 5.74) is -4.49. The second kappa shape index (κ2) is 9.91. The van der Waals surface area contributed by atoms with Crippen molar-refractivity contribution >= 4 is 34.5 Å². The van der Waals surface area contributed by atoms with Crippen molar-refractivity contribution in [3.63, 3.8) is 0 Å². The topological polar surface area (TPSA) is 175 Å². The normalized spacial score (nSPS) is 23.9. The predicted molar refractivity (Wildman–Crippen MR) is 162 cm³/mol. The number of ketones is 4. The first-order valence-corrected chi connectivity index (χ1v) is 14.5. The molecule has 3 aliphatic rings. The number of Topliss-reactive ketones (excluding diaryl/α,β-unsaturated/α-hetero) is 4. The molecule has 0 saturated heterocycles. The van der Waals surface area contributed by atoms with Gasteiger partial charge in [0.2, 0.25) is 0 Å². The summed E-state index contributed by atoms with van der Waals surface area (Å²) >= 11 is 0. The summed E-state index contributed by atoms with van der Waals surface area (Å²) in [6, 6.07) is 22.4. The van der Waals surface area contributed by atoms with Crippen molar-refractivity contribution in [2.75, 3.05) is 0 Å². The number of nitro groups is 2. The first kappa shape index (κ1) is 29.1. The molecule has 0 aliphatic heterocycles. The fourth-order valence-corrected chi connectivity index (χ4v) is 8.34. The summed E-state index contributed by atoms with van der Waals surface area (Å²) in [5, 5.41) is 35.4. The van der Waals surface area contributed by atoms with E-state index in [-0.39, 0.29) is 39.2 Å². The van der Waals surface area contributed by atoms with Crippen LogP contribution in [0.15, 0.2) is 97.1 Å². The van der Waals surface area contributed by atoms with Crippen LogP contribution in [0.1, 0.15) is 71.3 Å². The molecule has 46 heavy (non-hydrogen) atoms. The molecule has 11 nitrogen and oxygen atoms in total. The number of benzene rings is 4. The van der Waals surface area contributed by atoms with E-state index in [0.717, 1.165) is 12.1 Å². The Bertz CT molecular complexity index is 1960. The molecule has 4 aromatic carbocycles. The molecule has 1 N–H and O–H groups in total. The van der Waals surface area contributed by atoms with E-state index < -0.39 is 67.7 Å². The van der Waals surface area contributed by atoms with Gasteiger partial charge >= 0.3 is 0 Å². The Morgan fingerprint density at radius 2 is 0.913 bits per heavy atom. The molecule has 0 aromatic heterocycles. The van der Waals surface area contributed by atoms with E-state index >= 15 is 9.59 Å². The fraction of sp³-hybridized carbons (Fsp3) is 0.200. The van der Waals surface area contributed by atoms with Crippen LogP contribution in [-0.4, -0.2) is 44.2 Å². The Hall–Kier alpha value is -5.68. The van der Waals surface area contributed by atoms with Gasteiger partial charge in [0, 0.05) is 58.4 Å². The van der Waals surface area contributed by atoms with Crippen LogP contribution in [0.25, 0.3) is 0 Å². The zero-order valence-corrected chi connectivity index (χ0v) is 24.2. The lowest BCUT2D eigenvalue weighted by Crippen LogP contribution is -2.66. The van der Waals surface area contributed by atoms with E-state index in [2.05, 4.69) is 0 Å². The average Bonchev–Trinajstić information content (AvgIpc) is 3.41. The van der Waals surface area contributed by atoms with Crippen LogP contribution in [0.3, 0.4) is 0 Å². The van der Waals surface area contributed by atoms with Crippen LogP contribution in [0.2, 0.25) is 0 Å². The van der Waals surface area contributed by atoms with Gasteiger partial charge in [-0.1, -0.05) is 79.7 Å². The van der Waals surface area contributed by atoms with Crippen molar-refractivity contribution in [1.29, 1.82) is 0 Å². The van der Waals surface area contributed by atoms with Crippen molar-refractivity contribution in [3.8, 4) is 0 Å². The zero-order valence-electron chi connectivity index (χ0n) is 24.2. The molecule has 0 amide bonds. The van der Waals surface area contributed by atoms with Gasteiger partial charge in [-0.3, -0.25) is 39.4 Å². The Morgan fingerprint density at radius 1 is 0.565 bits per heavy atom. The van der Waals surface area contributed by atoms with Gasteiger partial charge in [-0.2, -0.15) is 0 Å². The standard InChI is InChI=1S/C35H24N2O9/c1-18-27(19-10-14-21(15-11-19)36(43)44)34(30(39)23-6-2-3-7-24(23)31(34)40)28(20-12-16-22(17-13-20)37(45)46)35(29(18)38)32(41)25-8-4-5-9-26(25)33(35)42/h2-18,27-29,38H,1H3/t18-,27+,28-,29+/m1/s1. The van der Waals surface area contributed by atoms with Crippen LogP contribution >= 0.6 is 0 Å². The largest absolute Gasteiger partial charge is 0.391 e. The monoisotopic (exact) mass is 616 g/mol. The molecule has 1 fully saturated rings. The van der Waals surface area contributed by atoms with Crippen molar-refractivity contribution in [1.82, 2.24) is 0 Å². The van der Waals surface area contributed by atoms with E-state index in [1.165, 1.54) is 60.7 Å². The van der Waals surface area contributed by atoms with Gasteiger partial charge in [-0.05, 0) is 17.0 Å². The Kier molecular flexibility index (Phi) is 6.26. The minimum absolute atomic E-state index is 0.0324. The molecule has 11 heteroatoms. The molecule has 1 saturated carbocycles. The zero-order chi connectivity index (χ0) is 32.7.